The fourth-order valence-electron chi connectivity index (χ4n) is 2.65. The molecule has 2 aromatic rings. The number of pyridine rings is 1. The quantitative estimate of drug-likeness (QED) is 0.851. The molecule has 1 aliphatic heterocycles. The van der Waals surface area contributed by atoms with Gasteiger partial charge >= 0.3 is 0 Å². The summed E-state index contributed by atoms with van der Waals surface area (Å²) in [5.74, 6) is 0. The first kappa shape index (κ1) is 14.4. The Morgan fingerprint density at radius 3 is 2.81 bits per heavy atom. The van der Waals surface area contributed by atoms with E-state index in [1.165, 1.54) is 6.20 Å². The number of likely N-dealkylation sites (tertiary alicyclic amines) is 1. The number of piperidine rings is 1. The summed E-state index contributed by atoms with van der Waals surface area (Å²) < 4.78 is 1.64. The second-order valence-electron chi connectivity index (χ2n) is 5.40. The first-order valence-corrected chi connectivity index (χ1v) is 7.51. The second kappa shape index (κ2) is 6.09. The minimum absolute atomic E-state index is 0.147. The van der Waals surface area contributed by atoms with Gasteiger partial charge in [-0.15, -0.1) is 0 Å². The molecule has 112 valence electrons. The fraction of sp³-hybridized carbons (Fsp3) is 0.500. The van der Waals surface area contributed by atoms with E-state index in [2.05, 4.69) is 14.9 Å². The summed E-state index contributed by atoms with van der Waals surface area (Å²) in [5, 5.41) is 0.368. The zero-order valence-corrected chi connectivity index (χ0v) is 12.5. The van der Waals surface area contributed by atoms with Gasteiger partial charge in [0.2, 0.25) is 0 Å². The van der Waals surface area contributed by atoms with Gasteiger partial charge in [0.15, 0.2) is 5.65 Å². The Kier molecular flexibility index (Phi) is 4.19. The molecular formula is C14H18ClN5O. The van der Waals surface area contributed by atoms with E-state index < -0.39 is 0 Å². The van der Waals surface area contributed by atoms with Gasteiger partial charge in [-0.3, -0.25) is 9.36 Å². The van der Waals surface area contributed by atoms with Crippen LogP contribution in [0.4, 0.5) is 0 Å². The van der Waals surface area contributed by atoms with Gasteiger partial charge in [0.25, 0.3) is 5.56 Å². The van der Waals surface area contributed by atoms with Crippen LogP contribution in [0.1, 0.15) is 12.8 Å². The van der Waals surface area contributed by atoms with Gasteiger partial charge < -0.3 is 10.6 Å². The van der Waals surface area contributed by atoms with Crippen molar-refractivity contribution in [1.82, 2.24) is 19.4 Å². The van der Waals surface area contributed by atoms with Gasteiger partial charge in [-0.2, -0.15) is 0 Å². The highest BCUT2D eigenvalue weighted by Gasteiger charge is 2.16. The number of nitrogens with two attached hydrogens (primary N) is 1. The van der Waals surface area contributed by atoms with Crippen LogP contribution in [-0.4, -0.2) is 45.1 Å². The van der Waals surface area contributed by atoms with Crippen LogP contribution in [0.2, 0.25) is 5.15 Å². The summed E-state index contributed by atoms with van der Waals surface area (Å²) in [5.41, 5.74) is 6.98. The molecule has 7 heteroatoms. The summed E-state index contributed by atoms with van der Waals surface area (Å²) in [6.07, 6.45) is 3.36. The molecular weight excluding hydrogens is 290 g/mol. The van der Waals surface area contributed by atoms with Crippen LogP contribution in [0, 0.1) is 0 Å². The molecule has 3 heterocycles. The van der Waals surface area contributed by atoms with E-state index in [-0.39, 0.29) is 5.56 Å². The number of halogens is 1. The summed E-state index contributed by atoms with van der Waals surface area (Å²) in [6.45, 7) is 3.35. The summed E-state index contributed by atoms with van der Waals surface area (Å²) in [6, 6.07) is 3.77. The second-order valence-corrected chi connectivity index (χ2v) is 5.79. The highest BCUT2D eigenvalue weighted by atomic mass is 35.5. The third-order valence-corrected chi connectivity index (χ3v) is 4.14. The molecule has 1 aliphatic rings. The smallest absolute Gasteiger partial charge is 0.270 e. The van der Waals surface area contributed by atoms with Gasteiger partial charge in [0.1, 0.15) is 10.7 Å². The third-order valence-electron chi connectivity index (χ3n) is 3.93. The maximum Gasteiger partial charge on any atom is 0.270 e. The molecule has 2 N–H and O–H groups in total. The van der Waals surface area contributed by atoms with E-state index in [4.69, 9.17) is 17.3 Å². The lowest BCUT2D eigenvalue weighted by atomic mass is 10.1. The van der Waals surface area contributed by atoms with Crippen LogP contribution >= 0.6 is 11.6 Å². The van der Waals surface area contributed by atoms with Gasteiger partial charge in [0.05, 0.1) is 6.20 Å². The molecule has 0 amide bonds. The van der Waals surface area contributed by atoms with Crippen molar-refractivity contribution in [2.24, 2.45) is 5.73 Å². The van der Waals surface area contributed by atoms with Crippen LogP contribution < -0.4 is 11.3 Å². The monoisotopic (exact) mass is 307 g/mol. The lowest BCUT2D eigenvalue weighted by Gasteiger charge is -2.30. The Morgan fingerprint density at radius 2 is 2.05 bits per heavy atom. The van der Waals surface area contributed by atoms with E-state index in [1.54, 1.807) is 16.7 Å². The van der Waals surface area contributed by atoms with Crippen molar-refractivity contribution in [2.75, 3.05) is 19.6 Å². The Balaban J connectivity index is 1.81. The summed E-state index contributed by atoms with van der Waals surface area (Å²) in [7, 11) is 0. The standard InChI is InChI=1S/C14H18ClN5O/c15-12-2-1-11-14(18-12)20(13(21)9-17-11)8-7-19-5-3-10(16)4-6-19/h1-2,9-10H,3-8,16H2. The summed E-state index contributed by atoms with van der Waals surface area (Å²) in [4.78, 5) is 22.7. The Hall–Kier alpha value is -1.50. The van der Waals surface area contributed by atoms with E-state index in [0.29, 0.717) is 28.9 Å². The predicted molar refractivity (Wildman–Crippen MR) is 82.5 cm³/mol. The largest absolute Gasteiger partial charge is 0.328 e. The zero-order valence-electron chi connectivity index (χ0n) is 11.7. The maximum atomic E-state index is 12.0. The normalized spacial score (nSPS) is 17.4. The number of hydrogen-bond donors (Lipinski definition) is 1. The van der Waals surface area contributed by atoms with Crippen LogP contribution in [-0.2, 0) is 6.54 Å². The minimum atomic E-state index is -0.147. The molecule has 6 nitrogen and oxygen atoms in total. The molecule has 0 aromatic carbocycles. The van der Waals surface area contributed by atoms with Crippen molar-refractivity contribution in [3.8, 4) is 0 Å². The van der Waals surface area contributed by atoms with Crippen molar-refractivity contribution in [2.45, 2.75) is 25.4 Å². The number of aromatic nitrogens is 3. The number of rotatable bonds is 3. The molecule has 1 saturated heterocycles. The highest BCUT2D eigenvalue weighted by Crippen LogP contribution is 2.12. The van der Waals surface area contributed by atoms with Crippen molar-refractivity contribution in [3.63, 3.8) is 0 Å². The molecule has 0 saturated carbocycles. The van der Waals surface area contributed by atoms with E-state index in [0.717, 1.165) is 32.5 Å². The van der Waals surface area contributed by atoms with Crippen LogP contribution in [0.25, 0.3) is 11.2 Å². The van der Waals surface area contributed by atoms with Crippen LogP contribution in [0.15, 0.2) is 23.1 Å². The van der Waals surface area contributed by atoms with Crippen LogP contribution in [0.5, 0.6) is 0 Å². The molecule has 1 fully saturated rings. The van der Waals surface area contributed by atoms with E-state index in [9.17, 15) is 4.79 Å². The number of nitrogens with zero attached hydrogens (tertiary/aromatic N) is 4. The van der Waals surface area contributed by atoms with Crippen molar-refractivity contribution >= 4 is 22.8 Å². The SMILES string of the molecule is NC1CCN(CCn2c(=O)cnc3ccc(Cl)nc32)CC1. The van der Waals surface area contributed by atoms with Crippen LogP contribution in [0.3, 0.4) is 0 Å². The molecule has 0 unspecified atom stereocenters. The number of hydrogen-bond acceptors (Lipinski definition) is 5. The predicted octanol–water partition coefficient (Wildman–Crippen LogP) is 0.868. The van der Waals surface area contributed by atoms with Crippen molar-refractivity contribution in [1.29, 1.82) is 0 Å². The van der Waals surface area contributed by atoms with Crippen molar-refractivity contribution < 1.29 is 0 Å². The molecule has 0 atom stereocenters. The first-order valence-electron chi connectivity index (χ1n) is 7.13. The maximum absolute atomic E-state index is 12.0. The third kappa shape index (κ3) is 3.23. The van der Waals surface area contributed by atoms with Gasteiger partial charge in [0, 0.05) is 19.1 Å². The van der Waals surface area contributed by atoms with E-state index in [1.807, 2.05) is 0 Å². The molecule has 0 bridgehead atoms. The molecule has 0 spiro atoms. The topological polar surface area (TPSA) is 77.0 Å². The van der Waals surface area contributed by atoms with Gasteiger partial charge in [-0.1, -0.05) is 11.6 Å². The lowest BCUT2D eigenvalue weighted by molar-refractivity contribution is 0.206. The molecule has 3 rings (SSSR count). The molecule has 0 radical (unpaired) electrons. The van der Waals surface area contributed by atoms with Gasteiger partial charge in [-0.25, -0.2) is 9.97 Å². The lowest BCUT2D eigenvalue weighted by Crippen LogP contribution is -2.41. The molecule has 21 heavy (non-hydrogen) atoms. The molecule has 2 aromatic heterocycles. The minimum Gasteiger partial charge on any atom is -0.328 e. The Bertz CT molecular complexity index is 693. The van der Waals surface area contributed by atoms with E-state index >= 15 is 0 Å². The average Bonchev–Trinajstić information content (AvgIpc) is 2.48. The highest BCUT2D eigenvalue weighted by molar-refractivity contribution is 6.29. The Labute approximate surface area is 127 Å². The summed E-state index contributed by atoms with van der Waals surface area (Å²) >= 11 is 5.93. The number of fused-ring (bicyclic) bond motifs is 1. The Morgan fingerprint density at radius 1 is 1.29 bits per heavy atom. The van der Waals surface area contributed by atoms with Gasteiger partial charge in [-0.05, 0) is 38.1 Å². The fourth-order valence-corrected chi connectivity index (χ4v) is 2.79. The average molecular weight is 308 g/mol. The first-order chi connectivity index (χ1) is 10.1. The zero-order chi connectivity index (χ0) is 14.8. The molecule has 0 aliphatic carbocycles. The van der Waals surface area contributed by atoms with Crippen molar-refractivity contribution in [3.05, 3.63) is 33.8 Å².